The number of halogens is 1. The first-order chi connectivity index (χ1) is 14.9. The lowest BCUT2D eigenvalue weighted by Crippen LogP contribution is -2.15. The summed E-state index contributed by atoms with van der Waals surface area (Å²) in [6.07, 6.45) is 0.103. The summed E-state index contributed by atoms with van der Waals surface area (Å²) in [6, 6.07) is 12.3. The fourth-order valence-electron chi connectivity index (χ4n) is 2.50. The van der Waals surface area contributed by atoms with Gasteiger partial charge in [-0.05, 0) is 48.5 Å². The van der Waals surface area contributed by atoms with Gasteiger partial charge in [-0.25, -0.2) is 9.37 Å². The van der Waals surface area contributed by atoms with Crippen molar-refractivity contribution >= 4 is 57.9 Å². The molecule has 3 amide bonds. The fourth-order valence-corrected chi connectivity index (χ4v) is 4.15. The van der Waals surface area contributed by atoms with Crippen LogP contribution in [0.4, 0.5) is 21.5 Å². The molecule has 0 fully saturated rings. The molecule has 7 nitrogen and oxygen atoms in total. The lowest BCUT2D eigenvalue weighted by Gasteiger charge is -2.06. The summed E-state index contributed by atoms with van der Waals surface area (Å²) in [5.41, 5.74) is 2.39. The van der Waals surface area contributed by atoms with Gasteiger partial charge in [0, 0.05) is 29.4 Å². The Morgan fingerprint density at radius 3 is 2.06 bits per heavy atom. The van der Waals surface area contributed by atoms with E-state index in [0.717, 1.165) is 0 Å². The van der Waals surface area contributed by atoms with Crippen molar-refractivity contribution in [2.24, 2.45) is 0 Å². The molecule has 31 heavy (non-hydrogen) atoms. The van der Waals surface area contributed by atoms with Gasteiger partial charge in [0.05, 0.1) is 17.9 Å². The van der Waals surface area contributed by atoms with Gasteiger partial charge in [-0.1, -0.05) is 11.8 Å². The van der Waals surface area contributed by atoms with Gasteiger partial charge < -0.3 is 16.0 Å². The molecule has 10 heteroatoms. The SMILES string of the molecule is CC(=O)Nc1ccc(NC(=O)Cc2csc(SCC(=O)Nc3ccc(F)cc3)n2)cc1. The third kappa shape index (κ3) is 7.50. The smallest absolute Gasteiger partial charge is 0.234 e. The van der Waals surface area contributed by atoms with Crippen LogP contribution in [0.3, 0.4) is 0 Å². The quantitative estimate of drug-likeness (QED) is 0.440. The number of thioether (sulfide) groups is 1. The molecule has 1 heterocycles. The largest absolute Gasteiger partial charge is 0.326 e. The number of rotatable bonds is 8. The van der Waals surface area contributed by atoms with E-state index < -0.39 is 0 Å². The molecular weight excluding hydrogens is 439 g/mol. The second-order valence-electron chi connectivity index (χ2n) is 6.43. The molecule has 0 radical (unpaired) electrons. The average Bonchev–Trinajstić information content (AvgIpc) is 3.16. The first-order valence-corrected chi connectivity index (χ1v) is 11.0. The molecule has 2 aromatic carbocycles. The van der Waals surface area contributed by atoms with Crippen molar-refractivity contribution in [2.45, 2.75) is 17.7 Å². The lowest BCUT2D eigenvalue weighted by molar-refractivity contribution is -0.116. The van der Waals surface area contributed by atoms with E-state index in [1.807, 2.05) is 0 Å². The van der Waals surface area contributed by atoms with E-state index in [1.54, 1.807) is 29.6 Å². The van der Waals surface area contributed by atoms with E-state index in [1.165, 1.54) is 54.3 Å². The molecule has 0 bridgehead atoms. The van der Waals surface area contributed by atoms with Crippen molar-refractivity contribution < 1.29 is 18.8 Å². The number of nitrogens with zero attached hydrogens (tertiary/aromatic N) is 1. The highest BCUT2D eigenvalue weighted by Crippen LogP contribution is 2.23. The van der Waals surface area contributed by atoms with Crippen molar-refractivity contribution in [1.82, 2.24) is 4.98 Å². The monoisotopic (exact) mass is 458 g/mol. The van der Waals surface area contributed by atoms with Crippen LogP contribution in [-0.2, 0) is 20.8 Å². The number of carbonyl (C=O) groups excluding carboxylic acids is 3. The van der Waals surface area contributed by atoms with Crippen LogP contribution < -0.4 is 16.0 Å². The molecule has 3 aromatic rings. The highest BCUT2D eigenvalue weighted by atomic mass is 32.2. The Balaban J connectivity index is 1.44. The Kier molecular flexibility index (Phi) is 7.74. The van der Waals surface area contributed by atoms with E-state index in [9.17, 15) is 18.8 Å². The number of hydrogen-bond donors (Lipinski definition) is 3. The van der Waals surface area contributed by atoms with Gasteiger partial charge in [-0.3, -0.25) is 14.4 Å². The van der Waals surface area contributed by atoms with Crippen molar-refractivity contribution in [2.75, 3.05) is 21.7 Å². The van der Waals surface area contributed by atoms with Crippen molar-refractivity contribution in [1.29, 1.82) is 0 Å². The van der Waals surface area contributed by atoms with E-state index in [4.69, 9.17) is 0 Å². The van der Waals surface area contributed by atoms with Crippen LogP contribution in [-0.4, -0.2) is 28.5 Å². The maximum atomic E-state index is 12.9. The minimum absolute atomic E-state index is 0.103. The Morgan fingerprint density at radius 1 is 0.903 bits per heavy atom. The van der Waals surface area contributed by atoms with E-state index in [-0.39, 0.29) is 35.7 Å². The summed E-state index contributed by atoms with van der Waals surface area (Å²) in [6.45, 7) is 1.42. The van der Waals surface area contributed by atoms with Crippen LogP contribution in [0.15, 0.2) is 58.3 Å². The fraction of sp³-hybridized carbons (Fsp3) is 0.143. The number of benzene rings is 2. The summed E-state index contributed by atoms with van der Waals surface area (Å²) in [7, 11) is 0. The van der Waals surface area contributed by atoms with Crippen molar-refractivity contribution in [3.63, 3.8) is 0 Å². The molecule has 0 aliphatic carbocycles. The molecule has 0 saturated heterocycles. The van der Waals surface area contributed by atoms with Gasteiger partial charge in [-0.15, -0.1) is 11.3 Å². The predicted octanol–water partition coefficient (Wildman–Crippen LogP) is 4.15. The molecule has 0 unspecified atom stereocenters. The van der Waals surface area contributed by atoms with Gasteiger partial charge in [-0.2, -0.15) is 0 Å². The standard InChI is InChI=1S/C21H19FN4O3S2/c1-13(27)23-15-6-8-17(9-7-15)24-19(28)10-18-11-30-21(26-18)31-12-20(29)25-16-4-2-14(22)3-5-16/h2-9,11H,10,12H2,1H3,(H,23,27)(H,24,28)(H,25,29). The maximum Gasteiger partial charge on any atom is 0.234 e. The van der Waals surface area contributed by atoms with Gasteiger partial charge in [0.15, 0.2) is 4.34 Å². The summed E-state index contributed by atoms with van der Waals surface area (Å²) in [5, 5.41) is 9.89. The van der Waals surface area contributed by atoms with Crippen molar-refractivity contribution in [3.8, 4) is 0 Å². The third-order valence-electron chi connectivity index (χ3n) is 3.82. The second kappa shape index (κ2) is 10.7. The highest BCUT2D eigenvalue weighted by Gasteiger charge is 2.11. The van der Waals surface area contributed by atoms with E-state index in [2.05, 4.69) is 20.9 Å². The molecule has 3 N–H and O–H groups in total. The number of nitrogens with one attached hydrogen (secondary N) is 3. The average molecular weight is 459 g/mol. The minimum atomic E-state index is -0.367. The summed E-state index contributed by atoms with van der Waals surface area (Å²) in [5.74, 6) is -0.829. The van der Waals surface area contributed by atoms with E-state index >= 15 is 0 Å². The van der Waals surface area contributed by atoms with Crippen LogP contribution in [0.2, 0.25) is 0 Å². The molecule has 3 rings (SSSR count). The number of hydrogen-bond acceptors (Lipinski definition) is 6. The zero-order chi connectivity index (χ0) is 22.2. The maximum absolute atomic E-state index is 12.9. The molecule has 0 aliphatic rings. The molecule has 160 valence electrons. The Hall–Kier alpha value is -3.24. The molecule has 1 aromatic heterocycles. The van der Waals surface area contributed by atoms with E-state index in [0.29, 0.717) is 27.1 Å². The summed E-state index contributed by atoms with van der Waals surface area (Å²) in [4.78, 5) is 39.6. The zero-order valence-electron chi connectivity index (χ0n) is 16.5. The predicted molar refractivity (Wildman–Crippen MR) is 121 cm³/mol. The normalized spacial score (nSPS) is 10.4. The summed E-state index contributed by atoms with van der Waals surface area (Å²) < 4.78 is 13.6. The Bertz CT molecular complexity index is 1070. The highest BCUT2D eigenvalue weighted by molar-refractivity contribution is 8.01. The van der Waals surface area contributed by atoms with Gasteiger partial charge in [0.2, 0.25) is 17.7 Å². The van der Waals surface area contributed by atoms with Gasteiger partial charge in [0.25, 0.3) is 0 Å². The number of aromatic nitrogens is 1. The summed E-state index contributed by atoms with van der Waals surface area (Å²) >= 11 is 2.62. The zero-order valence-corrected chi connectivity index (χ0v) is 18.1. The van der Waals surface area contributed by atoms with Crippen LogP contribution in [0.5, 0.6) is 0 Å². The van der Waals surface area contributed by atoms with Gasteiger partial charge >= 0.3 is 0 Å². The topological polar surface area (TPSA) is 100 Å². The first-order valence-electron chi connectivity index (χ1n) is 9.17. The number of carbonyl (C=O) groups is 3. The van der Waals surface area contributed by atoms with Crippen LogP contribution in [0, 0.1) is 5.82 Å². The molecule has 0 saturated carbocycles. The molecule has 0 spiro atoms. The molecular formula is C21H19FN4O3S2. The Labute approximate surface area is 186 Å². The Morgan fingerprint density at radius 2 is 1.45 bits per heavy atom. The molecule has 0 aliphatic heterocycles. The number of thiazole rings is 1. The van der Waals surface area contributed by atoms with Crippen LogP contribution >= 0.6 is 23.1 Å². The lowest BCUT2D eigenvalue weighted by atomic mass is 10.2. The first kappa shape index (κ1) is 22.4. The number of anilines is 3. The second-order valence-corrected chi connectivity index (χ2v) is 8.51. The van der Waals surface area contributed by atoms with Crippen LogP contribution in [0.1, 0.15) is 12.6 Å². The third-order valence-corrected chi connectivity index (χ3v) is 5.89. The van der Waals surface area contributed by atoms with Crippen molar-refractivity contribution in [3.05, 3.63) is 65.4 Å². The minimum Gasteiger partial charge on any atom is -0.326 e. The van der Waals surface area contributed by atoms with Crippen LogP contribution in [0.25, 0.3) is 0 Å². The molecule has 0 atom stereocenters. The van der Waals surface area contributed by atoms with Gasteiger partial charge in [0.1, 0.15) is 5.82 Å². The number of amides is 3.